The SMILES string of the molecule is COc1nc(N2C[C@@H](C)O[C@@H](C)C2)c(-c2cnn(C)c2)cc1Nc1ncc(Br)c(Nc2ccc3nccnc3c2P(C)(C)=O)n1. The highest BCUT2D eigenvalue weighted by atomic mass is 79.9. The van der Waals surface area contributed by atoms with Crippen molar-refractivity contribution >= 4 is 68.4 Å². The first-order chi connectivity index (χ1) is 21.5. The lowest BCUT2D eigenvalue weighted by Crippen LogP contribution is -2.46. The van der Waals surface area contributed by atoms with E-state index in [2.05, 4.69) is 65.4 Å². The van der Waals surface area contributed by atoms with Gasteiger partial charge in [0.25, 0.3) is 0 Å². The lowest BCUT2D eigenvalue weighted by molar-refractivity contribution is -0.00544. The fraction of sp³-hybridized carbons (Fsp3) is 0.333. The lowest BCUT2D eigenvalue weighted by atomic mass is 10.1. The molecule has 2 N–H and O–H groups in total. The Kier molecular flexibility index (Phi) is 8.47. The predicted molar refractivity (Wildman–Crippen MR) is 180 cm³/mol. The molecule has 0 unspecified atom stereocenters. The minimum absolute atomic E-state index is 0.0488. The van der Waals surface area contributed by atoms with Crippen LogP contribution in [-0.2, 0) is 16.3 Å². The number of anilines is 5. The fourth-order valence-corrected chi connectivity index (χ4v) is 7.21. The van der Waals surface area contributed by atoms with Crippen LogP contribution < -0.4 is 25.6 Å². The lowest BCUT2D eigenvalue weighted by Gasteiger charge is -2.37. The first kappa shape index (κ1) is 30.9. The smallest absolute Gasteiger partial charge is 0.239 e. The van der Waals surface area contributed by atoms with Crippen LogP contribution in [0, 0.1) is 0 Å². The van der Waals surface area contributed by atoms with E-state index in [1.54, 1.807) is 43.7 Å². The van der Waals surface area contributed by atoms with Crippen LogP contribution >= 0.6 is 23.1 Å². The number of morpholine rings is 1. The number of hydrogen-bond donors (Lipinski definition) is 2. The van der Waals surface area contributed by atoms with E-state index in [9.17, 15) is 4.57 Å². The molecule has 13 nitrogen and oxygen atoms in total. The molecule has 1 saturated heterocycles. The Morgan fingerprint density at radius 2 is 1.78 bits per heavy atom. The van der Waals surface area contributed by atoms with Crippen molar-refractivity contribution in [2.45, 2.75) is 26.1 Å². The Morgan fingerprint density at radius 1 is 1.02 bits per heavy atom. The molecule has 4 aromatic heterocycles. The summed E-state index contributed by atoms with van der Waals surface area (Å²) in [6.45, 7) is 8.93. The number of aryl methyl sites for hydroxylation is 1. The Labute approximate surface area is 269 Å². The summed E-state index contributed by atoms with van der Waals surface area (Å²) in [5.41, 5.74) is 4.25. The van der Waals surface area contributed by atoms with Crippen molar-refractivity contribution in [2.75, 3.05) is 49.1 Å². The van der Waals surface area contributed by atoms with E-state index < -0.39 is 7.14 Å². The van der Waals surface area contributed by atoms with E-state index in [4.69, 9.17) is 19.4 Å². The fourth-order valence-electron chi connectivity index (χ4n) is 5.53. The highest BCUT2D eigenvalue weighted by molar-refractivity contribution is 9.10. The molecule has 0 bridgehead atoms. The normalized spacial score (nSPS) is 17.0. The molecular weight excluding hydrogens is 659 g/mol. The molecule has 1 fully saturated rings. The van der Waals surface area contributed by atoms with Crippen LogP contribution in [0.3, 0.4) is 0 Å². The number of rotatable bonds is 8. The van der Waals surface area contributed by atoms with Crippen molar-refractivity contribution in [3.63, 3.8) is 0 Å². The number of fused-ring (bicyclic) bond motifs is 1. The summed E-state index contributed by atoms with van der Waals surface area (Å²) in [5.74, 6) is 1.94. The molecule has 0 saturated carbocycles. The second kappa shape index (κ2) is 12.3. The second-order valence-corrected chi connectivity index (χ2v) is 15.4. The number of nitrogens with zero attached hydrogens (tertiary/aromatic N) is 8. The Morgan fingerprint density at radius 3 is 2.47 bits per heavy atom. The second-order valence-electron chi connectivity index (χ2n) is 11.4. The standard InChI is InChI=1S/C30H34BrN10O3P/c1-17-14-41(15-18(2)44-17)28-20(19-12-35-40(3)16-19)11-24(29(39-28)43-4)37-30-34-13-21(31)27(38-30)36-23-8-7-22-25(33-10-9-32-22)26(23)45(5,6)42/h7-13,16-18H,14-15H2,1-6H3,(H2,34,36,37,38)/t17-,18+. The molecule has 1 aromatic carbocycles. The van der Waals surface area contributed by atoms with E-state index in [1.165, 1.54) is 0 Å². The van der Waals surface area contributed by atoms with E-state index in [1.807, 2.05) is 37.6 Å². The zero-order chi connectivity index (χ0) is 31.9. The van der Waals surface area contributed by atoms with E-state index >= 15 is 0 Å². The summed E-state index contributed by atoms with van der Waals surface area (Å²) < 4.78 is 27.6. The van der Waals surface area contributed by atoms with E-state index in [0.29, 0.717) is 62.9 Å². The van der Waals surface area contributed by atoms with Crippen molar-refractivity contribution in [3.05, 3.63) is 53.7 Å². The third kappa shape index (κ3) is 6.49. The van der Waals surface area contributed by atoms with Crippen molar-refractivity contribution in [3.8, 4) is 17.0 Å². The summed E-state index contributed by atoms with van der Waals surface area (Å²) in [6.07, 6.45) is 8.72. The molecule has 6 rings (SSSR count). The van der Waals surface area contributed by atoms with Crippen LogP contribution in [0.2, 0.25) is 0 Å². The number of aromatic nitrogens is 7. The highest BCUT2D eigenvalue weighted by Gasteiger charge is 2.28. The third-order valence-electron chi connectivity index (χ3n) is 7.29. The zero-order valence-electron chi connectivity index (χ0n) is 25.8. The average molecular weight is 694 g/mol. The molecule has 0 amide bonds. The molecule has 5 heterocycles. The van der Waals surface area contributed by atoms with Gasteiger partial charge in [0.05, 0.1) is 46.5 Å². The van der Waals surface area contributed by atoms with Gasteiger partial charge in [-0.2, -0.15) is 15.1 Å². The Bertz CT molecular complexity index is 1920. The van der Waals surface area contributed by atoms with Crippen LogP contribution in [0.15, 0.2) is 53.7 Å². The van der Waals surface area contributed by atoms with Crippen LogP contribution in [0.4, 0.5) is 29.0 Å². The van der Waals surface area contributed by atoms with E-state index in [-0.39, 0.29) is 12.2 Å². The maximum atomic E-state index is 13.4. The molecule has 0 spiro atoms. The van der Waals surface area contributed by atoms with Crippen LogP contribution in [-0.4, -0.2) is 80.4 Å². The number of nitrogens with one attached hydrogen (secondary N) is 2. The number of hydrogen-bond acceptors (Lipinski definition) is 12. The van der Waals surface area contributed by atoms with Crippen molar-refractivity contribution < 1.29 is 14.0 Å². The summed E-state index contributed by atoms with van der Waals surface area (Å²) >= 11 is 3.56. The maximum Gasteiger partial charge on any atom is 0.239 e. The zero-order valence-corrected chi connectivity index (χ0v) is 28.3. The van der Waals surface area contributed by atoms with Crippen LogP contribution in [0.5, 0.6) is 5.88 Å². The quantitative estimate of drug-likeness (QED) is 0.203. The molecular formula is C30H34BrN10O3P. The largest absolute Gasteiger partial charge is 0.479 e. The predicted octanol–water partition coefficient (Wildman–Crippen LogP) is 5.34. The van der Waals surface area contributed by atoms with Gasteiger partial charge in [-0.15, -0.1) is 0 Å². The number of halogens is 1. The van der Waals surface area contributed by atoms with Crippen molar-refractivity contribution in [1.29, 1.82) is 0 Å². The molecule has 1 aliphatic heterocycles. The van der Waals surface area contributed by atoms with E-state index in [0.717, 1.165) is 16.9 Å². The van der Waals surface area contributed by atoms with Gasteiger partial charge in [0.2, 0.25) is 11.8 Å². The van der Waals surface area contributed by atoms with Gasteiger partial charge in [0.1, 0.15) is 30.0 Å². The van der Waals surface area contributed by atoms with Crippen molar-refractivity contribution in [2.24, 2.45) is 7.05 Å². The molecule has 5 aromatic rings. The topological polar surface area (TPSA) is 145 Å². The van der Waals surface area contributed by atoms with Gasteiger partial charge in [-0.25, -0.2) is 4.98 Å². The first-order valence-corrected chi connectivity index (χ1v) is 17.7. The number of pyridine rings is 1. The summed E-state index contributed by atoms with van der Waals surface area (Å²) in [7, 11) is 0.692. The van der Waals surface area contributed by atoms with Gasteiger partial charge in [0.15, 0.2) is 0 Å². The molecule has 0 aliphatic carbocycles. The number of ether oxygens (including phenoxy) is 2. The highest BCUT2D eigenvalue weighted by Crippen LogP contribution is 2.42. The van der Waals surface area contributed by atoms with Gasteiger partial charge in [-0.05, 0) is 61.3 Å². The van der Waals surface area contributed by atoms with Gasteiger partial charge < -0.3 is 29.6 Å². The number of methoxy groups -OCH3 is 1. The van der Waals surface area contributed by atoms with Crippen LogP contribution in [0.25, 0.3) is 22.2 Å². The first-order valence-electron chi connectivity index (χ1n) is 14.3. The minimum Gasteiger partial charge on any atom is -0.479 e. The van der Waals surface area contributed by atoms with Crippen LogP contribution in [0.1, 0.15) is 13.8 Å². The molecule has 2 atom stereocenters. The molecule has 45 heavy (non-hydrogen) atoms. The van der Waals surface area contributed by atoms with Crippen molar-refractivity contribution in [1.82, 2.24) is 34.7 Å². The molecule has 1 aliphatic rings. The number of benzene rings is 1. The van der Waals surface area contributed by atoms with Gasteiger partial charge in [-0.1, -0.05) is 0 Å². The maximum absolute atomic E-state index is 13.4. The van der Waals surface area contributed by atoms with Gasteiger partial charge in [-0.3, -0.25) is 14.6 Å². The monoisotopic (exact) mass is 692 g/mol. The average Bonchev–Trinajstić information content (AvgIpc) is 3.43. The molecule has 15 heteroatoms. The summed E-state index contributed by atoms with van der Waals surface area (Å²) in [6, 6.07) is 5.66. The summed E-state index contributed by atoms with van der Waals surface area (Å²) in [4.78, 5) is 25.3. The molecule has 0 radical (unpaired) electrons. The van der Waals surface area contributed by atoms with Gasteiger partial charge >= 0.3 is 0 Å². The summed E-state index contributed by atoms with van der Waals surface area (Å²) in [5, 5.41) is 11.6. The Balaban J connectivity index is 1.39. The Hall–Kier alpha value is -4.13. The molecule has 234 valence electrons. The van der Waals surface area contributed by atoms with Gasteiger partial charge in [0, 0.05) is 56.1 Å². The third-order valence-corrected chi connectivity index (χ3v) is 9.40. The minimum atomic E-state index is -2.77.